The maximum atomic E-state index is 4.06. The van der Waals surface area contributed by atoms with E-state index >= 15 is 0 Å². The first-order valence-corrected chi connectivity index (χ1v) is 4.55. The van der Waals surface area contributed by atoms with Crippen LogP contribution in [0.5, 0.6) is 0 Å². The number of nitrogens with zero attached hydrogens (tertiary/aromatic N) is 3. The molecule has 0 aliphatic carbocycles. The van der Waals surface area contributed by atoms with E-state index in [-0.39, 0.29) is 0 Å². The molecule has 3 aromatic rings. The molecular formula is C11H10N4. The summed E-state index contributed by atoms with van der Waals surface area (Å²) in [6, 6.07) is 7.65. The Hall–Kier alpha value is -2.23. The van der Waals surface area contributed by atoms with E-state index < -0.39 is 0 Å². The molecule has 3 rings (SSSR count). The van der Waals surface area contributed by atoms with Crippen molar-refractivity contribution in [3.63, 3.8) is 0 Å². The van der Waals surface area contributed by atoms with E-state index in [9.17, 15) is 0 Å². The zero-order valence-electron chi connectivity index (χ0n) is 8.04. The monoisotopic (exact) mass is 198 g/mol. The molecule has 15 heavy (non-hydrogen) atoms. The van der Waals surface area contributed by atoms with Gasteiger partial charge in [-0.3, -0.25) is 4.98 Å². The number of aromatic nitrogens is 4. The molecule has 0 fully saturated rings. The molecule has 0 saturated heterocycles. The van der Waals surface area contributed by atoms with E-state index in [0.717, 1.165) is 11.0 Å². The fraction of sp³-hybridized carbons (Fsp3) is 0. The first kappa shape index (κ1) is 9.33. The van der Waals surface area contributed by atoms with Crippen molar-refractivity contribution in [2.45, 2.75) is 0 Å². The van der Waals surface area contributed by atoms with Gasteiger partial charge >= 0.3 is 0 Å². The van der Waals surface area contributed by atoms with Crippen LogP contribution >= 0.6 is 0 Å². The van der Waals surface area contributed by atoms with E-state index in [1.54, 1.807) is 12.4 Å². The predicted octanol–water partition coefficient (Wildman–Crippen LogP) is 2.04. The highest BCUT2D eigenvalue weighted by Gasteiger charge is 1.89. The summed E-state index contributed by atoms with van der Waals surface area (Å²) in [5.74, 6) is 0. The third-order valence-electron chi connectivity index (χ3n) is 1.77. The second-order valence-electron chi connectivity index (χ2n) is 2.82. The molecule has 0 unspecified atom stereocenters. The van der Waals surface area contributed by atoms with E-state index in [1.165, 1.54) is 6.33 Å². The molecule has 74 valence electrons. The SMILES string of the molecule is c1cc[nH]c1.c1cnc2cncnc2c1. The van der Waals surface area contributed by atoms with Gasteiger partial charge < -0.3 is 4.98 Å². The lowest BCUT2D eigenvalue weighted by atomic mass is 10.4. The first-order valence-electron chi connectivity index (χ1n) is 4.55. The summed E-state index contributed by atoms with van der Waals surface area (Å²) < 4.78 is 0. The fourth-order valence-corrected chi connectivity index (χ4v) is 1.09. The maximum absolute atomic E-state index is 4.06. The molecule has 0 aliphatic rings. The number of nitrogens with one attached hydrogen (secondary N) is 1. The van der Waals surface area contributed by atoms with E-state index in [4.69, 9.17) is 0 Å². The smallest absolute Gasteiger partial charge is 0.116 e. The second-order valence-corrected chi connectivity index (χ2v) is 2.82. The van der Waals surface area contributed by atoms with Gasteiger partial charge in [-0.1, -0.05) is 0 Å². The largest absolute Gasteiger partial charge is 0.368 e. The summed E-state index contributed by atoms with van der Waals surface area (Å²) in [5.41, 5.74) is 1.72. The molecule has 1 N–H and O–H groups in total. The highest BCUT2D eigenvalue weighted by atomic mass is 14.8. The molecule has 3 heterocycles. The molecule has 0 spiro atoms. The summed E-state index contributed by atoms with van der Waals surface area (Å²) in [7, 11) is 0. The van der Waals surface area contributed by atoms with Crippen molar-refractivity contribution in [3.8, 4) is 0 Å². The van der Waals surface area contributed by atoms with Gasteiger partial charge in [0.15, 0.2) is 0 Å². The van der Waals surface area contributed by atoms with Crippen LogP contribution in [0.3, 0.4) is 0 Å². The molecular weight excluding hydrogens is 188 g/mol. The highest BCUT2D eigenvalue weighted by molar-refractivity contribution is 5.71. The van der Waals surface area contributed by atoms with Crippen molar-refractivity contribution in [1.29, 1.82) is 0 Å². The van der Waals surface area contributed by atoms with Crippen molar-refractivity contribution >= 4 is 11.0 Å². The zero-order chi connectivity index (χ0) is 10.3. The van der Waals surface area contributed by atoms with Crippen LogP contribution in [0, 0.1) is 0 Å². The lowest BCUT2D eigenvalue weighted by Crippen LogP contribution is -1.81. The standard InChI is InChI=1S/C7H5N3.C4H5N/c1-2-6-7(9-3-1)4-8-5-10-6;1-2-4-5-3-1/h1-5H;1-5H. The summed E-state index contributed by atoms with van der Waals surface area (Å²) in [4.78, 5) is 14.8. The Balaban J connectivity index is 0.000000144. The van der Waals surface area contributed by atoms with Crippen molar-refractivity contribution < 1.29 is 0 Å². The Morgan fingerprint density at radius 2 is 1.80 bits per heavy atom. The third-order valence-corrected chi connectivity index (χ3v) is 1.77. The Morgan fingerprint density at radius 3 is 2.47 bits per heavy atom. The molecule has 0 aliphatic heterocycles. The fourth-order valence-electron chi connectivity index (χ4n) is 1.09. The summed E-state index contributed by atoms with van der Waals surface area (Å²) >= 11 is 0. The number of pyridine rings is 1. The van der Waals surface area contributed by atoms with Crippen LogP contribution in [0.25, 0.3) is 11.0 Å². The molecule has 3 aromatic heterocycles. The number of hydrogen-bond acceptors (Lipinski definition) is 3. The molecule has 4 heteroatoms. The average molecular weight is 198 g/mol. The number of H-pyrrole nitrogens is 1. The number of hydrogen-bond donors (Lipinski definition) is 1. The van der Waals surface area contributed by atoms with E-state index in [2.05, 4.69) is 19.9 Å². The van der Waals surface area contributed by atoms with Crippen LogP contribution < -0.4 is 0 Å². The van der Waals surface area contributed by atoms with Crippen molar-refractivity contribution in [2.24, 2.45) is 0 Å². The Labute approximate surface area is 87.0 Å². The molecule has 0 bridgehead atoms. The van der Waals surface area contributed by atoms with Crippen LogP contribution in [0.2, 0.25) is 0 Å². The number of fused-ring (bicyclic) bond motifs is 1. The molecule has 0 amide bonds. The molecule has 0 aromatic carbocycles. The third kappa shape index (κ3) is 2.60. The Morgan fingerprint density at radius 1 is 0.933 bits per heavy atom. The maximum Gasteiger partial charge on any atom is 0.116 e. The Bertz CT molecular complexity index is 422. The summed E-state index contributed by atoms with van der Waals surface area (Å²) in [6.07, 6.45) is 8.69. The predicted molar refractivity (Wildman–Crippen MR) is 58.1 cm³/mol. The normalized spacial score (nSPS) is 9.33. The van der Waals surface area contributed by atoms with Crippen LogP contribution in [0.1, 0.15) is 0 Å². The Kier molecular flexibility index (Phi) is 3.02. The van der Waals surface area contributed by atoms with E-state index in [0.29, 0.717) is 0 Å². The highest BCUT2D eigenvalue weighted by Crippen LogP contribution is 2.02. The summed E-state index contributed by atoms with van der Waals surface area (Å²) in [6.45, 7) is 0. The van der Waals surface area contributed by atoms with Gasteiger partial charge in [-0.05, 0) is 24.3 Å². The molecule has 0 radical (unpaired) electrons. The quantitative estimate of drug-likeness (QED) is 0.601. The van der Waals surface area contributed by atoms with Gasteiger partial charge in [-0.15, -0.1) is 0 Å². The average Bonchev–Trinajstić information content (AvgIpc) is 2.88. The van der Waals surface area contributed by atoms with Gasteiger partial charge in [0.25, 0.3) is 0 Å². The zero-order valence-corrected chi connectivity index (χ0v) is 8.04. The van der Waals surface area contributed by atoms with Gasteiger partial charge in [0.2, 0.25) is 0 Å². The lowest BCUT2D eigenvalue weighted by Gasteiger charge is -1.89. The minimum absolute atomic E-state index is 0.838. The number of aromatic amines is 1. The van der Waals surface area contributed by atoms with Crippen molar-refractivity contribution in [2.75, 3.05) is 0 Å². The lowest BCUT2D eigenvalue weighted by molar-refractivity contribution is 1.20. The van der Waals surface area contributed by atoms with Gasteiger partial charge in [-0.2, -0.15) is 0 Å². The summed E-state index contributed by atoms with van der Waals surface area (Å²) in [5, 5.41) is 0. The topological polar surface area (TPSA) is 54.5 Å². The second kappa shape index (κ2) is 4.85. The number of rotatable bonds is 0. The van der Waals surface area contributed by atoms with Gasteiger partial charge in [0.05, 0.1) is 11.7 Å². The van der Waals surface area contributed by atoms with Crippen molar-refractivity contribution in [1.82, 2.24) is 19.9 Å². The minimum Gasteiger partial charge on any atom is -0.368 e. The van der Waals surface area contributed by atoms with Crippen LogP contribution in [-0.4, -0.2) is 19.9 Å². The van der Waals surface area contributed by atoms with Crippen LogP contribution in [0.15, 0.2) is 55.4 Å². The van der Waals surface area contributed by atoms with Crippen LogP contribution in [-0.2, 0) is 0 Å². The van der Waals surface area contributed by atoms with E-state index in [1.807, 2.05) is 36.7 Å². The first-order chi connectivity index (χ1) is 7.47. The van der Waals surface area contributed by atoms with Gasteiger partial charge in [0, 0.05) is 18.6 Å². The van der Waals surface area contributed by atoms with Gasteiger partial charge in [0.1, 0.15) is 11.8 Å². The molecule has 0 atom stereocenters. The van der Waals surface area contributed by atoms with Crippen molar-refractivity contribution in [3.05, 3.63) is 55.4 Å². The van der Waals surface area contributed by atoms with Gasteiger partial charge in [-0.25, -0.2) is 9.97 Å². The molecule has 4 nitrogen and oxygen atoms in total. The molecule has 0 saturated carbocycles. The van der Waals surface area contributed by atoms with Crippen LogP contribution in [0.4, 0.5) is 0 Å². The minimum atomic E-state index is 0.838.